The summed E-state index contributed by atoms with van der Waals surface area (Å²) in [5.41, 5.74) is 7.37. The van der Waals surface area contributed by atoms with Crippen molar-refractivity contribution < 1.29 is 20.3 Å². The topological polar surface area (TPSA) is 81.6 Å². The van der Waals surface area contributed by atoms with Gasteiger partial charge in [0.25, 0.3) is 0 Å². The molecule has 6 N–H and O–H groups in total. The summed E-state index contributed by atoms with van der Waals surface area (Å²) in [4.78, 5) is 0. The van der Waals surface area contributed by atoms with E-state index >= 15 is 0 Å². The normalized spacial score (nSPS) is 12.0. The highest BCUT2D eigenvalue weighted by Crippen LogP contribution is 2.33. The summed E-state index contributed by atoms with van der Waals surface area (Å²) in [6, 6.07) is 7.92. The van der Waals surface area contributed by atoms with Gasteiger partial charge in [0.2, 0.25) is 0 Å². The molecule has 2 rings (SSSR count). The van der Waals surface area contributed by atoms with Crippen LogP contribution in [0.3, 0.4) is 0 Å². The molecule has 0 saturated carbocycles. The number of hydrogen-bond acceptors (Lipinski definition) is 2. The zero-order chi connectivity index (χ0) is 12.5. The summed E-state index contributed by atoms with van der Waals surface area (Å²) in [5.74, 6) is 3.61. The third-order valence-corrected chi connectivity index (χ3v) is 3.05. The van der Waals surface area contributed by atoms with Crippen LogP contribution in [0, 0.1) is 0 Å². The molecule has 0 aromatic carbocycles. The third-order valence-electron chi connectivity index (χ3n) is 3.05. The van der Waals surface area contributed by atoms with Crippen LogP contribution in [-0.2, 0) is 18.5 Å². The van der Waals surface area contributed by atoms with Crippen molar-refractivity contribution in [2.45, 2.75) is 32.4 Å². The van der Waals surface area contributed by atoms with Crippen LogP contribution in [0.1, 0.15) is 36.9 Å². The van der Waals surface area contributed by atoms with Gasteiger partial charge >= 0.3 is 0 Å². The quantitative estimate of drug-likeness (QED) is 0.818. The predicted molar refractivity (Wildman–Crippen MR) is 62.7 cm³/mol. The van der Waals surface area contributed by atoms with Gasteiger partial charge < -0.3 is 20.3 Å². The minimum Gasteiger partial charge on any atom is -0.459 e. The molecule has 0 unspecified atom stereocenters. The van der Waals surface area contributed by atoms with Crippen molar-refractivity contribution in [2.75, 3.05) is 0 Å². The van der Waals surface area contributed by atoms with Gasteiger partial charge in [0, 0.05) is 0 Å². The maximum atomic E-state index is 5.76. The van der Waals surface area contributed by atoms with Crippen molar-refractivity contribution in [2.24, 2.45) is 0 Å². The molecule has 17 heavy (non-hydrogen) atoms. The first-order valence-corrected chi connectivity index (χ1v) is 5.84. The first kappa shape index (κ1) is 12.0. The molecule has 4 nitrogen and oxygen atoms in total. The molecule has 0 amide bonds. The van der Waals surface area contributed by atoms with E-state index in [9.17, 15) is 0 Å². The van der Waals surface area contributed by atoms with Crippen molar-refractivity contribution in [1.82, 2.24) is 0 Å². The van der Waals surface area contributed by atoms with E-state index < -0.39 is 0 Å². The van der Waals surface area contributed by atoms with E-state index in [0.29, 0.717) is 13.1 Å². The van der Waals surface area contributed by atoms with Crippen molar-refractivity contribution in [3.05, 3.63) is 47.3 Å². The molecular weight excluding hydrogens is 216 g/mol. The van der Waals surface area contributed by atoms with E-state index in [1.54, 1.807) is 0 Å². The summed E-state index contributed by atoms with van der Waals surface area (Å²) in [6.07, 6.45) is 0. The lowest BCUT2D eigenvalue weighted by atomic mass is 9.87. The molecular formula is C13H20N2O2+2. The zero-order valence-electron chi connectivity index (χ0n) is 10.5. The molecule has 2 heterocycles. The van der Waals surface area contributed by atoms with Crippen LogP contribution in [0.4, 0.5) is 0 Å². The number of hydrogen-bond donors (Lipinski definition) is 2. The van der Waals surface area contributed by atoms with Crippen LogP contribution < -0.4 is 11.5 Å². The van der Waals surface area contributed by atoms with E-state index in [1.165, 1.54) is 0 Å². The first-order chi connectivity index (χ1) is 8.07. The fourth-order valence-electron chi connectivity index (χ4n) is 1.82. The molecule has 0 aliphatic heterocycles. The van der Waals surface area contributed by atoms with Crippen LogP contribution in [0.2, 0.25) is 0 Å². The Morgan fingerprint density at radius 3 is 1.59 bits per heavy atom. The Bertz CT molecular complexity index is 453. The summed E-state index contributed by atoms with van der Waals surface area (Å²) in [7, 11) is 0. The van der Waals surface area contributed by atoms with Gasteiger partial charge in [0.15, 0.2) is 11.5 Å². The Morgan fingerprint density at radius 1 is 0.882 bits per heavy atom. The van der Waals surface area contributed by atoms with Gasteiger partial charge in [0.1, 0.15) is 24.6 Å². The van der Waals surface area contributed by atoms with Gasteiger partial charge in [0.05, 0.1) is 5.41 Å². The summed E-state index contributed by atoms with van der Waals surface area (Å²) < 4.78 is 11.5. The highest BCUT2D eigenvalue weighted by molar-refractivity contribution is 5.27. The molecule has 92 valence electrons. The largest absolute Gasteiger partial charge is 0.459 e. The number of furan rings is 2. The monoisotopic (exact) mass is 236 g/mol. The Balaban J connectivity index is 2.34. The molecule has 4 heteroatoms. The Labute approximate surface area is 101 Å². The second-order valence-corrected chi connectivity index (χ2v) is 4.66. The molecule has 2 aromatic rings. The van der Waals surface area contributed by atoms with Crippen LogP contribution in [0.25, 0.3) is 0 Å². The number of rotatable bonds is 4. The van der Waals surface area contributed by atoms with Gasteiger partial charge in [-0.25, -0.2) is 0 Å². The van der Waals surface area contributed by atoms with Gasteiger partial charge in [-0.2, -0.15) is 0 Å². The Kier molecular flexibility index (Phi) is 3.09. The maximum absolute atomic E-state index is 5.76. The molecule has 2 aromatic heterocycles. The van der Waals surface area contributed by atoms with Gasteiger partial charge in [-0.05, 0) is 38.1 Å². The average Bonchev–Trinajstić information content (AvgIpc) is 2.98. The zero-order valence-corrected chi connectivity index (χ0v) is 10.5. The minimum atomic E-state index is -0.263. The predicted octanol–water partition coefficient (Wildman–Crippen LogP) is 0.682. The molecule has 0 spiro atoms. The van der Waals surface area contributed by atoms with Gasteiger partial charge in [-0.1, -0.05) is 0 Å². The van der Waals surface area contributed by atoms with Crippen molar-refractivity contribution in [3.8, 4) is 0 Å². The van der Waals surface area contributed by atoms with E-state index in [4.69, 9.17) is 8.83 Å². The Morgan fingerprint density at radius 2 is 1.29 bits per heavy atom. The Hall–Kier alpha value is -1.52. The van der Waals surface area contributed by atoms with Crippen LogP contribution >= 0.6 is 0 Å². The van der Waals surface area contributed by atoms with Crippen LogP contribution in [-0.4, -0.2) is 0 Å². The summed E-state index contributed by atoms with van der Waals surface area (Å²) in [5, 5.41) is 0. The summed E-state index contributed by atoms with van der Waals surface area (Å²) >= 11 is 0. The minimum absolute atomic E-state index is 0.263. The molecule has 0 radical (unpaired) electrons. The number of quaternary nitrogens is 2. The first-order valence-electron chi connectivity index (χ1n) is 5.84. The van der Waals surface area contributed by atoms with E-state index in [2.05, 4.69) is 25.3 Å². The lowest BCUT2D eigenvalue weighted by Gasteiger charge is -2.19. The fourth-order valence-corrected chi connectivity index (χ4v) is 1.82. The molecule has 0 aliphatic rings. The van der Waals surface area contributed by atoms with E-state index in [1.807, 2.05) is 24.3 Å². The SMILES string of the molecule is CC(C)(c1ccc(C[NH3+])o1)c1ccc(C[NH3+])o1. The third kappa shape index (κ3) is 2.14. The molecule has 0 fully saturated rings. The average molecular weight is 236 g/mol. The fraction of sp³-hybridized carbons (Fsp3) is 0.385. The maximum Gasteiger partial charge on any atom is 0.158 e. The standard InChI is InChI=1S/C13H18N2O2/c1-13(2,11-5-3-9(7-14)16-11)12-6-4-10(8-15)17-12/h3-6H,7-8,14-15H2,1-2H3/p+2. The molecule has 0 aliphatic carbocycles. The van der Waals surface area contributed by atoms with Crippen molar-refractivity contribution in [3.63, 3.8) is 0 Å². The summed E-state index contributed by atoms with van der Waals surface area (Å²) in [6.45, 7) is 5.51. The van der Waals surface area contributed by atoms with Crippen molar-refractivity contribution in [1.29, 1.82) is 0 Å². The second kappa shape index (κ2) is 4.39. The molecule has 0 saturated heterocycles. The van der Waals surface area contributed by atoms with E-state index in [-0.39, 0.29) is 5.41 Å². The van der Waals surface area contributed by atoms with Gasteiger partial charge in [-0.3, -0.25) is 0 Å². The van der Waals surface area contributed by atoms with Crippen LogP contribution in [0.5, 0.6) is 0 Å². The smallest absolute Gasteiger partial charge is 0.158 e. The van der Waals surface area contributed by atoms with Gasteiger partial charge in [-0.15, -0.1) is 0 Å². The lowest BCUT2D eigenvalue weighted by molar-refractivity contribution is -0.390. The van der Waals surface area contributed by atoms with Crippen LogP contribution in [0.15, 0.2) is 33.1 Å². The molecule has 0 atom stereocenters. The highest BCUT2D eigenvalue weighted by atomic mass is 16.4. The molecule has 0 bridgehead atoms. The van der Waals surface area contributed by atoms with Crippen molar-refractivity contribution >= 4 is 0 Å². The second-order valence-electron chi connectivity index (χ2n) is 4.66. The lowest BCUT2D eigenvalue weighted by Crippen LogP contribution is -2.47. The van der Waals surface area contributed by atoms with E-state index in [0.717, 1.165) is 23.0 Å². The highest BCUT2D eigenvalue weighted by Gasteiger charge is 2.30.